The van der Waals surface area contributed by atoms with Crippen LogP contribution in [-0.4, -0.2) is 46.7 Å². The molecule has 0 saturated heterocycles. The first-order valence-electron chi connectivity index (χ1n) is 9.68. The molecule has 150 valence electrons. The van der Waals surface area contributed by atoms with E-state index in [9.17, 15) is 9.59 Å². The van der Waals surface area contributed by atoms with E-state index >= 15 is 0 Å². The van der Waals surface area contributed by atoms with E-state index < -0.39 is 17.7 Å². The van der Waals surface area contributed by atoms with Gasteiger partial charge in [-0.05, 0) is 69.7 Å². The molecule has 6 nitrogen and oxygen atoms in total. The molecule has 2 aromatic rings. The number of aromatic amines is 1. The molecule has 1 unspecified atom stereocenters. The van der Waals surface area contributed by atoms with E-state index in [1.165, 1.54) is 0 Å². The number of nitrogens with zero attached hydrogens (tertiary/aromatic N) is 1. The van der Waals surface area contributed by atoms with E-state index in [-0.39, 0.29) is 12.6 Å². The minimum atomic E-state index is -0.594. The Balaban J connectivity index is 2.01. The van der Waals surface area contributed by atoms with Crippen LogP contribution in [0.3, 0.4) is 0 Å². The molecule has 1 aliphatic heterocycles. The lowest BCUT2D eigenvalue weighted by Crippen LogP contribution is -2.47. The topological polar surface area (TPSA) is 71.6 Å². The van der Waals surface area contributed by atoms with Crippen molar-refractivity contribution >= 4 is 28.5 Å². The van der Waals surface area contributed by atoms with E-state index in [0.717, 1.165) is 22.0 Å². The van der Waals surface area contributed by atoms with Crippen LogP contribution < -0.4 is 0 Å². The van der Waals surface area contributed by atoms with Crippen LogP contribution in [0.4, 0.5) is 4.79 Å². The molecule has 1 N–H and O–H groups in total. The van der Waals surface area contributed by atoms with Crippen LogP contribution in [0, 0.1) is 0 Å². The van der Waals surface area contributed by atoms with Crippen LogP contribution in [0.25, 0.3) is 16.5 Å². The minimum absolute atomic E-state index is 0.282. The second-order valence-corrected chi connectivity index (χ2v) is 7.99. The van der Waals surface area contributed by atoms with Gasteiger partial charge in [-0.25, -0.2) is 9.59 Å². The highest BCUT2D eigenvalue weighted by molar-refractivity contribution is 6.01. The third-order valence-electron chi connectivity index (χ3n) is 4.84. The maximum absolute atomic E-state index is 12.8. The molecule has 6 heteroatoms. The van der Waals surface area contributed by atoms with E-state index in [1.54, 1.807) is 11.8 Å². The summed E-state index contributed by atoms with van der Waals surface area (Å²) in [7, 11) is 0. The smallest absolute Gasteiger partial charge is 0.410 e. The van der Waals surface area contributed by atoms with Crippen molar-refractivity contribution in [3.63, 3.8) is 0 Å². The van der Waals surface area contributed by atoms with Crippen molar-refractivity contribution in [1.29, 1.82) is 0 Å². The molecule has 2 heterocycles. The summed E-state index contributed by atoms with van der Waals surface area (Å²) >= 11 is 0. The van der Waals surface area contributed by atoms with Crippen molar-refractivity contribution in [1.82, 2.24) is 9.88 Å². The van der Waals surface area contributed by atoms with E-state index in [4.69, 9.17) is 9.47 Å². The van der Waals surface area contributed by atoms with Gasteiger partial charge in [0.05, 0.1) is 18.2 Å². The second kappa shape index (κ2) is 7.70. The van der Waals surface area contributed by atoms with Crippen LogP contribution in [0.2, 0.25) is 0 Å². The van der Waals surface area contributed by atoms with Crippen LogP contribution in [0.5, 0.6) is 0 Å². The molecule has 28 heavy (non-hydrogen) atoms. The molecule has 0 aliphatic carbocycles. The number of rotatable bonds is 3. The van der Waals surface area contributed by atoms with Gasteiger partial charge >= 0.3 is 12.1 Å². The van der Waals surface area contributed by atoms with Crippen molar-refractivity contribution in [2.75, 3.05) is 13.2 Å². The number of hydrogen-bond acceptors (Lipinski definition) is 4. The Labute approximate surface area is 165 Å². The van der Waals surface area contributed by atoms with Crippen molar-refractivity contribution in [3.8, 4) is 0 Å². The molecule has 1 atom stereocenters. The first-order chi connectivity index (χ1) is 13.2. The van der Waals surface area contributed by atoms with Crippen molar-refractivity contribution < 1.29 is 19.1 Å². The number of esters is 1. The minimum Gasteiger partial charge on any atom is -0.463 e. The predicted molar refractivity (Wildman–Crippen MR) is 109 cm³/mol. The third kappa shape index (κ3) is 4.06. The average molecular weight is 384 g/mol. The summed E-state index contributed by atoms with van der Waals surface area (Å²) in [6, 6.07) is 7.66. The van der Waals surface area contributed by atoms with Gasteiger partial charge < -0.3 is 19.4 Å². The van der Waals surface area contributed by atoms with Crippen LogP contribution in [0.1, 0.15) is 46.6 Å². The van der Waals surface area contributed by atoms with E-state index in [0.29, 0.717) is 18.5 Å². The molecule has 0 fully saturated rings. The normalized spacial score (nSPS) is 17.8. The number of carbonyl (C=O) groups excluding carboxylic acids is 2. The first-order valence-corrected chi connectivity index (χ1v) is 9.68. The van der Waals surface area contributed by atoms with Gasteiger partial charge in [-0.15, -0.1) is 0 Å². The first kappa shape index (κ1) is 20.0. The van der Waals surface area contributed by atoms with E-state index in [1.807, 2.05) is 58.2 Å². The molecule has 1 amide bonds. The third-order valence-corrected chi connectivity index (χ3v) is 4.84. The molecule has 3 rings (SSSR count). The fourth-order valence-corrected chi connectivity index (χ4v) is 3.58. The maximum atomic E-state index is 12.8. The molecule has 0 bridgehead atoms. The molecular weight excluding hydrogens is 356 g/mol. The Bertz CT molecular complexity index is 920. The Kier molecular flexibility index (Phi) is 5.49. The molecule has 1 aromatic heterocycles. The standard InChI is InChI=1S/C22H28N2O4/c1-6-27-20(25)19-14(2)24(21(26)28-22(3,4)5)12-10-17(19)16-8-7-15-9-11-23-18(15)13-16/h7-9,11,13-14,23H,6,10,12H2,1-5H3. The molecule has 1 aliphatic rings. The van der Waals surface area contributed by atoms with Gasteiger partial charge in [-0.1, -0.05) is 12.1 Å². The van der Waals surface area contributed by atoms with Crippen molar-refractivity contribution in [3.05, 3.63) is 41.6 Å². The van der Waals surface area contributed by atoms with Crippen LogP contribution >= 0.6 is 0 Å². The lowest BCUT2D eigenvalue weighted by molar-refractivity contribution is -0.139. The quantitative estimate of drug-likeness (QED) is 0.790. The maximum Gasteiger partial charge on any atom is 0.410 e. The number of amides is 1. The monoisotopic (exact) mass is 384 g/mol. The molecule has 0 radical (unpaired) electrons. The van der Waals surface area contributed by atoms with Gasteiger partial charge in [0.2, 0.25) is 0 Å². The number of fused-ring (bicyclic) bond motifs is 1. The SMILES string of the molecule is CCOC(=O)C1=C(c2ccc3cc[nH]c3c2)CCN(C(=O)OC(C)(C)C)C1C. The zero-order valence-electron chi connectivity index (χ0n) is 17.2. The Morgan fingerprint density at radius 2 is 2.00 bits per heavy atom. The summed E-state index contributed by atoms with van der Waals surface area (Å²) in [5.74, 6) is -0.384. The summed E-state index contributed by atoms with van der Waals surface area (Å²) in [5, 5.41) is 1.11. The Morgan fingerprint density at radius 1 is 1.25 bits per heavy atom. The van der Waals surface area contributed by atoms with Gasteiger partial charge in [-0.2, -0.15) is 0 Å². The van der Waals surface area contributed by atoms with Crippen molar-refractivity contribution in [2.45, 2.75) is 52.7 Å². The number of H-pyrrole nitrogens is 1. The van der Waals surface area contributed by atoms with Gasteiger partial charge in [-0.3, -0.25) is 0 Å². The highest BCUT2D eigenvalue weighted by atomic mass is 16.6. The summed E-state index contributed by atoms with van der Waals surface area (Å²) in [6.45, 7) is 9.89. The van der Waals surface area contributed by atoms with Gasteiger partial charge in [0, 0.05) is 18.3 Å². The number of ether oxygens (including phenoxy) is 2. The zero-order valence-corrected chi connectivity index (χ0v) is 17.2. The zero-order chi connectivity index (χ0) is 20.5. The lowest BCUT2D eigenvalue weighted by Gasteiger charge is -2.37. The lowest BCUT2D eigenvalue weighted by atomic mass is 9.88. The number of aromatic nitrogens is 1. The summed E-state index contributed by atoms with van der Waals surface area (Å²) in [6.07, 6.45) is 2.04. The largest absolute Gasteiger partial charge is 0.463 e. The van der Waals surface area contributed by atoms with E-state index in [2.05, 4.69) is 4.98 Å². The number of hydrogen-bond donors (Lipinski definition) is 1. The number of nitrogens with one attached hydrogen (secondary N) is 1. The van der Waals surface area contributed by atoms with Gasteiger partial charge in [0.25, 0.3) is 0 Å². The average Bonchev–Trinajstić information content (AvgIpc) is 3.07. The fourth-order valence-electron chi connectivity index (χ4n) is 3.58. The van der Waals surface area contributed by atoms with Gasteiger partial charge in [0.1, 0.15) is 5.60 Å². The highest BCUT2D eigenvalue weighted by Gasteiger charge is 2.36. The van der Waals surface area contributed by atoms with Crippen molar-refractivity contribution in [2.24, 2.45) is 0 Å². The fraction of sp³-hybridized carbons (Fsp3) is 0.455. The molecule has 1 aromatic carbocycles. The highest BCUT2D eigenvalue weighted by Crippen LogP contribution is 2.34. The molecule has 0 saturated carbocycles. The van der Waals surface area contributed by atoms with Gasteiger partial charge in [0.15, 0.2) is 0 Å². The summed E-state index contributed by atoms with van der Waals surface area (Å²) in [4.78, 5) is 30.3. The molecular formula is C22H28N2O4. The number of benzene rings is 1. The van der Waals surface area contributed by atoms with Crippen LogP contribution in [-0.2, 0) is 14.3 Å². The molecule has 0 spiro atoms. The predicted octanol–water partition coefficient (Wildman–Crippen LogP) is 4.51. The summed E-state index contributed by atoms with van der Waals surface area (Å²) < 4.78 is 10.9. The Morgan fingerprint density at radius 3 is 2.68 bits per heavy atom. The summed E-state index contributed by atoms with van der Waals surface area (Å²) in [5.41, 5.74) is 2.82. The Hall–Kier alpha value is -2.76. The second-order valence-electron chi connectivity index (χ2n) is 7.99. The number of carbonyl (C=O) groups is 2. The van der Waals surface area contributed by atoms with Crippen LogP contribution in [0.15, 0.2) is 36.0 Å².